The average Bonchev–Trinajstić information content (AvgIpc) is 2.57. The first kappa shape index (κ1) is 19.8. The number of carbonyl (C=O) groups is 2. The van der Waals surface area contributed by atoms with Crippen molar-refractivity contribution < 1.29 is 14.3 Å². The molecule has 8 heteroatoms. The first-order chi connectivity index (χ1) is 12.3. The van der Waals surface area contributed by atoms with Gasteiger partial charge in [-0.3, -0.25) is 0 Å². The van der Waals surface area contributed by atoms with Gasteiger partial charge in [0.05, 0.1) is 23.8 Å². The van der Waals surface area contributed by atoms with Crippen LogP contribution in [-0.2, 0) is 9.53 Å². The zero-order chi connectivity index (χ0) is 19.4. The van der Waals surface area contributed by atoms with Crippen molar-refractivity contribution in [2.75, 3.05) is 12.4 Å². The van der Waals surface area contributed by atoms with E-state index >= 15 is 0 Å². The minimum atomic E-state index is -0.465. The number of carbonyl (C=O) groups excluding carboxylic acids is 2. The Kier molecular flexibility index (Phi) is 6.27. The van der Waals surface area contributed by atoms with Crippen LogP contribution in [0, 0.1) is 32.1 Å². The molecule has 0 radical (unpaired) electrons. The quantitative estimate of drug-likeness (QED) is 0.606. The van der Waals surface area contributed by atoms with Gasteiger partial charge < -0.3 is 15.4 Å². The number of esters is 1. The Morgan fingerprint density at radius 2 is 2.04 bits per heavy atom. The fourth-order valence-corrected chi connectivity index (χ4v) is 3.73. The van der Waals surface area contributed by atoms with Crippen molar-refractivity contribution in [3.63, 3.8) is 0 Å². The van der Waals surface area contributed by atoms with Crippen molar-refractivity contribution in [2.24, 2.45) is 0 Å². The van der Waals surface area contributed by atoms with Crippen LogP contribution in [0.4, 0.5) is 4.79 Å². The lowest BCUT2D eigenvalue weighted by molar-refractivity contribution is -0.138. The molecule has 0 fully saturated rings. The third-order valence-electron chi connectivity index (χ3n) is 4.29. The van der Waals surface area contributed by atoms with Crippen molar-refractivity contribution in [1.82, 2.24) is 15.6 Å². The van der Waals surface area contributed by atoms with Crippen LogP contribution in [0.2, 0.25) is 0 Å². The van der Waals surface area contributed by atoms with Gasteiger partial charge in [0, 0.05) is 17.1 Å². The molecule has 138 valence electrons. The molecule has 26 heavy (non-hydrogen) atoms. The van der Waals surface area contributed by atoms with Crippen molar-refractivity contribution in [1.29, 1.82) is 5.26 Å². The number of pyridine rings is 1. The molecule has 1 atom stereocenters. The molecule has 0 saturated heterocycles. The third-order valence-corrected chi connectivity index (χ3v) is 5.30. The maximum atomic E-state index is 12.3. The molecule has 0 spiro atoms. The first-order valence-electron chi connectivity index (χ1n) is 8.28. The molecule has 1 aromatic heterocycles. The number of nitrogens with one attached hydrogen (secondary N) is 2. The number of ether oxygens (including phenoxy) is 1. The summed E-state index contributed by atoms with van der Waals surface area (Å²) >= 11 is 1.32. The summed E-state index contributed by atoms with van der Waals surface area (Å²) in [6.07, 6.45) is 0. The predicted octanol–water partition coefficient (Wildman–Crippen LogP) is 2.49. The maximum absolute atomic E-state index is 12.3. The van der Waals surface area contributed by atoms with Crippen molar-refractivity contribution in [3.05, 3.63) is 33.7 Å². The minimum Gasteiger partial charge on any atom is -0.463 e. The summed E-state index contributed by atoms with van der Waals surface area (Å²) in [7, 11) is 0. The molecule has 1 aromatic rings. The highest BCUT2D eigenvalue weighted by Gasteiger charge is 2.30. The summed E-state index contributed by atoms with van der Waals surface area (Å²) in [6.45, 7) is 9.43. The molecule has 0 bridgehead atoms. The average molecular weight is 374 g/mol. The van der Waals surface area contributed by atoms with Crippen LogP contribution < -0.4 is 10.6 Å². The smallest absolute Gasteiger partial charge is 0.337 e. The SMILES string of the molecule is CCOC(=O)C1=C(CSc2nc(C)c(C)c(C)c2C#N)NC(=O)N[C@@H]1C. The van der Waals surface area contributed by atoms with Crippen molar-refractivity contribution in [2.45, 2.75) is 45.7 Å². The molecule has 1 aliphatic rings. The van der Waals surface area contributed by atoms with E-state index < -0.39 is 12.0 Å². The van der Waals surface area contributed by atoms with Gasteiger partial charge in [0.25, 0.3) is 0 Å². The summed E-state index contributed by atoms with van der Waals surface area (Å²) in [5.74, 6) is -0.164. The number of thioether (sulfide) groups is 1. The molecule has 0 aromatic carbocycles. The summed E-state index contributed by atoms with van der Waals surface area (Å²) in [6, 6.07) is 1.38. The predicted molar refractivity (Wildman–Crippen MR) is 98.7 cm³/mol. The number of urea groups is 1. The Labute approximate surface area is 157 Å². The summed E-state index contributed by atoms with van der Waals surface area (Å²) < 4.78 is 5.10. The van der Waals surface area contributed by atoms with Crippen LogP contribution in [0.25, 0.3) is 0 Å². The zero-order valence-electron chi connectivity index (χ0n) is 15.5. The molecular weight excluding hydrogens is 352 g/mol. The number of nitrogens with zero attached hydrogens (tertiary/aromatic N) is 2. The lowest BCUT2D eigenvalue weighted by Crippen LogP contribution is -2.49. The van der Waals surface area contributed by atoms with Gasteiger partial charge in [-0.25, -0.2) is 14.6 Å². The largest absolute Gasteiger partial charge is 0.463 e. The van der Waals surface area contributed by atoms with Gasteiger partial charge in [0.15, 0.2) is 0 Å². The topological polar surface area (TPSA) is 104 Å². The van der Waals surface area contributed by atoms with E-state index in [-0.39, 0.29) is 12.6 Å². The van der Waals surface area contributed by atoms with E-state index in [0.29, 0.717) is 27.6 Å². The maximum Gasteiger partial charge on any atom is 0.337 e. The molecule has 2 N–H and O–H groups in total. The van der Waals surface area contributed by atoms with Gasteiger partial charge in [-0.05, 0) is 45.7 Å². The summed E-state index contributed by atoms with van der Waals surface area (Å²) in [5.41, 5.74) is 4.12. The second-order valence-electron chi connectivity index (χ2n) is 5.96. The lowest BCUT2D eigenvalue weighted by atomic mass is 10.1. The summed E-state index contributed by atoms with van der Waals surface area (Å²) in [4.78, 5) is 28.6. The molecular formula is C18H22N4O3S. The Hall–Kier alpha value is -2.53. The van der Waals surface area contributed by atoms with Crippen LogP contribution in [0.15, 0.2) is 16.3 Å². The van der Waals surface area contributed by atoms with Crippen LogP contribution >= 0.6 is 11.8 Å². The van der Waals surface area contributed by atoms with Crippen LogP contribution in [0.1, 0.15) is 36.2 Å². The standard InChI is InChI=1S/C18H22N4O3S/c1-6-25-17(23)15-12(5)21-18(24)22-14(15)8-26-16-13(7-19)10(3)9(2)11(4)20-16/h12H,6,8H2,1-5H3,(H2,21,22,24)/t12-/m1/s1. The molecule has 2 amide bonds. The van der Waals surface area contributed by atoms with Gasteiger partial charge >= 0.3 is 12.0 Å². The second kappa shape index (κ2) is 8.23. The number of nitriles is 1. The number of aromatic nitrogens is 1. The van der Waals surface area contributed by atoms with Gasteiger partial charge in [0.2, 0.25) is 0 Å². The normalized spacial score (nSPS) is 16.6. The summed E-state index contributed by atoms with van der Waals surface area (Å²) in [5, 5.41) is 15.4. The zero-order valence-corrected chi connectivity index (χ0v) is 16.3. The lowest BCUT2D eigenvalue weighted by Gasteiger charge is -2.26. The molecule has 0 unspecified atom stereocenters. The van der Waals surface area contributed by atoms with Gasteiger partial charge in [-0.15, -0.1) is 0 Å². The molecule has 1 aliphatic heterocycles. The number of aryl methyl sites for hydroxylation is 1. The van der Waals surface area contributed by atoms with E-state index in [4.69, 9.17) is 4.74 Å². The van der Waals surface area contributed by atoms with E-state index in [2.05, 4.69) is 21.7 Å². The van der Waals surface area contributed by atoms with Crippen LogP contribution in [0.5, 0.6) is 0 Å². The highest BCUT2D eigenvalue weighted by atomic mass is 32.2. The van der Waals surface area contributed by atoms with E-state index in [1.54, 1.807) is 13.8 Å². The number of amides is 2. The molecule has 2 rings (SSSR count). The second-order valence-corrected chi connectivity index (χ2v) is 6.92. The molecule has 2 heterocycles. The van der Waals surface area contributed by atoms with Crippen molar-refractivity contribution >= 4 is 23.8 Å². The molecule has 0 aliphatic carbocycles. The van der Waals surface area contributed by atoms with Gasteiger partial charge in [0.1, 0.15) is 11.1 Å². The fraction of sp³-hybridized carbons (Fsp3) is 0.444. The van der Waals surface area contributed by atoms with Crippen LogP contribution in [-0.4, -0.2) is 35.4 Å². The number of rotatable bonds is 5. The number of hydrogen-bond acceptors (Lipinski definition) is 6. The third kappa shape index (κ3) is 3.99. The molecule has 0 saturated carbocycles. The highest BCUT2D eigenvalue weighted by Crippen LogP contribution is 2.29. The highest BCUT2D eigenvalue weighted by molar-refractivity contribution is 7.99. The van der Waals surface area contributed by atoms with E-state index in [0.717, 1.165) is 16.8 Å². The Bertz CT molecular complexity index is 827. The van der Waals surface area contributed by atoms with Crippen LogP contribution in [0.3, 0.4) is 0 Å². The monoisotopic (exact) mass is 374 g/mol. The van der Waals surface area contributed by atoms with E-state index in [9.17, 15) is 14.9 Å². The first-order valence-corrected chi connectivity index (χ1v) is 9.27. The Balaban J connectivity index is 2.37. The van der Waals surface area contributed by atoms with E-state index in [1.165, 1.54) is 11.8 Å². The Morgan fingerprint density at radius 3 is 2.65 bits per heavy atom. The van der Waals surface area contributed by atoms with Gasteiger partial charge in [-0.1, -0.05) is 11.8 Å². The van der Waals surface area contributed by atoms with Gasteiger partial charge in [-0.2, -0.15) is 5.26 Å². The van der Waals surface area contributed by atoms with Crippen molar-refractivity contribution in [3.8, 4) is 6.07 Å². The minimum absolute atomic E-state index is 0.250. The van der Waals surface area contributed by atoms with E-state index in [1.807, 2.05) is 20.8 Å². The molecule has 7 nitrogen and oxygen atoms in total. The number of hydrogen-bond donors (Lipinski definition) is 2. The Morgan fingerprint density at radius 1 is 1.35 bits per heavy atom. The fourth-order valence-electron chi connectivity index (χ4n) is 2.68.